The fourth-order valence-corrected chi connectivity index (χ4v) is 1.54. The van der Waals surface area contributed by atoms with Gasteiger partial charge in [-0.3, -0.25) is 4.79 Å². The number of aromatic nitrogens is 2. The second-order valence-electron chi connectivity index (χ2n) is 3.76. The van der Waals surface area contributed by atoms with Gasteiger partial charge in [-0.05, 0) is 18.0 Å². The quantitative estimate of drug-likeness (QED) is 0.481. The number of hydrogen-bond acceptors (Lipinski definition) is 6. The lowest BCUT2D eigenvalue weighted by molar-refractivity contribution is -0.141. The molecule has 0 saturated heterocycles. The van der Waals surface area contributed by atoms with E-state index in [1.54, 1.807) is 0 Å². The number of carbonyl (C=O) groups is 1. The number of nitrogens with zero attached hydrogens (tertiary/aromatic N) is 2. The molecule has 0 aliphatic heterocycles. The van der Waals surface area contributed by atoms with Gasteiger partial charge < -0.3 is 15.9 Å². The number of carbonyl (C=O) groups excluding carboxylic acids is 1. The van der Waals surface area contributed by atoms with Gasteiger partial charge in [0, 0.05) is 12.8 Å². The van der Waals surface area contributed by atoms with Crippen LogP contribution in [0, 0.1) is 11.3 Å². The third-order valence-corrected chi connectivity index (χ3v) is 2.61. The number of ether oxygens (including phenoxy) is 1. The Kier molecular flexibility index (Phi) is 5.03. The molecule has 0 spiro atoms. The first-order valence-corrected chi connectivity index (χ1v) is 5.83. The van der Waals surface area contributed by atoms with E-state index in [4.69, 9.17) is 27.5 Å². The number of nitrogens with one attached hydrogen (secondary N) is 1. The number of nitrogen functional groups attached to an aromatic ring is 1. The van der Waals surface area contributed by atoms with Crippen molar-refractivity contribution >= 4 is 29.0 Å². The topological polar surface area (TPSA) is 102 Å². The summed E-state index contributed by atoms with van der Waals surface area (Å²) in [6.45, 7) is 3.35. The fourth-order valence-electron chi connectivity index (χ4n) is 1.40. The van der Waals surface area contributed by atoms with Crippen molar-refractivity contribution in [3.05, 3.63) is 17.2 Å². The molecule has 1 aromatic heterocycles. The van der Waals surface area contributed by atoms with E-state index in [9.17, 15) is 4.79 Å². The van der Waals surface area contributed by atoms with Crippen molar-refractivity contribution in [2.24, 2.45) is 5.92 Å². The highest BCUT2D eigenvalue weighted by molar-refractivity contribution is 6.28. The first-order valence-electron chi connectivity index (χ1n) is 5.45. The van der Waals surface area contributed by atoms with Gasteiger partial charge in [0.05, 0.1) is 24.2 Å². The predicted octanol–water partition coefficient (Wildman–Crippen LogP) is 1.67. The highest BCUT2D eigenvalue weighted by Gasteiger charge is 2.20. The molecule has 0 saturated carbocycles. The smallest absolute Gasteiger partial charge is 0.302 e. The summed E-state index contributed by atoms with van der Waals surface area (Å²) in [4.78, 5) is 18.4. The summed E-state index contributed by atoms with van der Waals surface area (Å²) in [7, 11) is 0. The lowest BCUT2D eigenvalue weighted by Gasteiger charge is -2.16. The van der Waals surface area contributed by atoms with Gasteiger partial charge in [-0.1, -0.05) is 6.92 Å². The minimum absolute atomic E-state index is 0.0336. The maximum atomic E-state index is 10.8. The Morgan fingerprint density at radius 3 is 2.89 bits per heavy atom. The lowest BCUT2D eigenvalue weighted by Crippen LogP contribution is -2.23. The first kappa shape index (κ1) is 14.4. The molecule has 18 heavy (non-hydrogen) atoms. The highest BCUT2D eigenvalue weighted by Crippen LogP contribution is 2.17. The van der Waals surface area contributed by atoms with Gasteiger partial charge in [-0.2, -0.15) is 0 Å². The van der Waals surface area contributed by atoms with Crippen LogP contribution in [0.3, 0.4) is 0 Å². The molecule has 6 nitrogen and oxygen atoms in total. The molecule has 0 radical (unpaired) electrons. The number of halogens is 1. The zero-order chi connectivity index (χ0) is 13.7. The molecule has 0 aliphatic carbocycles. The molecule has 0 unspecified atom stereocenters. The fraction of sp³-hybridized carbons (Fsp3) is 0.455. The summed E-state index contributed by atoms with van der Waals surface area (Å²) >= 11 is 5.68. The van der Waals surface area contributed by atoms with Crippen LogP contribution in [-0.2, 0) is 9.53 Å². The molecule has 1 atom stereocenters. The summed E-state index contributed by atoms with van der Waals surface area (Å²) in [5.74, 6) is -0.642. The Morgan fingerprint density at radius 2 is 2.33 bits per heavy atom. The normalized spacial score (nSPS) is 11.9. The Morgan fingerprint density at radius 1 is 1.67 bits per heavy atom. The van der Waals surface area contributed by atoms with Gasteiger partial charge in [0.25, 0.3) is 0 Å². The van der Waals surface area contributed by atoms with Crippen molar-refractivity contribution in [1.29, 1.82) is 5.41 Å². The molecule has 0 aromatic carbocycles. The van der Waals surface area contributed by atoms with Crippen molar-refractivity contribution in [2.45, 2.75) is 20.3 Å². The Hall–Kier alpha value is -1.69. The van der Waals surface area contributed by atoms with Crippen molar-refractivity contribution in [3.63, 3.8) is 0 Å². The summed E-state index contributed by atoms with van der Waals surface area (Å²) in [5, 5.41) is 8.08. The molecule has 0 bridgehead atoms. The zero-order valence-electron chi connectivity index (χ0n) is 10.2. The zero-order valence-corrected chi connectivity index (χ0v) is 11.0. The van der Waals surface area contributed by atoms with Crippen LogP contribution < -0.4 is 5.73 Å². The molecular formula is C11H15ClN4O2. The van der Waals surface area contributed by atoms with Gasteiger partial charge in [-0.25, -0.2) is 9.97 Å². The minimum Gasteiger partial charge on any atom is -0.465 e. The Balaban J connectivity index is 2.89. The summed E-state index contributed by atoms with van der Waals surface area (Å²) in [5.41, 5.74) is 6.47. The standard InChI is InChI=1S/C11H15ClN4O2/c1-3-7(5-18-6(2)17)9(14)10-8(13)4-15-11(12)16-10/h4,7,14H,3,5,13H2,1-2H3/t7-/m0/s1. The van der Waals surface area contributed by atoms with Gasteiger partial charge in [-0.15, -0.1) is 0 Å². The van der Waals surface area contributed by atoms with E-state index in [1.165, 1.54) is 13.1 Å². The average Bonchev–Trinajstić information content (AvgIpc) is 2.32. The number of esters is 1. The van der Waals surface area contributed by atoms with E-state index < -0.39 is 0 Å². The number of hydrogen-bond donors (Lipinski definition) is 2. The van der Waals surface area contributed by atoms with Crippen LogP contribution >= 0.6 is 11.6 Å². The molecule has 0 aliphatic rings. The van der Waals surface area contributed by atoms with E-state index >= 15 is 0 Å². The Labute approximate surface area is 110 Å². The maximum absolute atomic E-state index is 10.8. The van der Waals surface area contributed by atoms with Gasteiger partial charge in [0.2, 0.25) is 5.28 Å². The van der Waals surface area contributed by atoms with Gasteiger partial charge >= 0.3 is 5.97 Å². The van der Waals surface area contributed by atoms with Crippen LogP contribution in [0.25, 0.3) is 0 Å². The lowest BCUT2D eigenvalue weighted by atomic mass is 9.98. The molecular weight excluding hydrogens is 256 g/mol. The maximum Gasteiger partial charge on any atom is 0.302 e. The number of nitrogens with two attached hydrogens (primary N) is 1. The van der Waals surface area contributed by atoms with E-state index in [-0.39, 0.29) is 40.9 Å². The summed E-state index contributed by atoms with van der Waals surface area (Å²) in [6.07, 6.45) is 1.99. The minimum atomic E-state index is -0.380. The first-order chi connectivity index (χ1) is 8.45. The van der Waals surface area contributed by atoms with Crippen LogP contribution in [0.4, 0.5) is 5.69 Å². The van der Waals surface area contributed by atoms with Crippen LogP contribution in [0.5, 0.6) is 0 Å². The Bertz CT molecular complexity index is 464. The number of rotatable bonds is 5. The van der Waals surface area contributed by atoms with Crippen LogP contribution in [0.1, 0.15) is 26.0 Å². The molecule has 7 heteroatoms. The van der Waals surface area contributed by atoms with E-state index in [2.05, 4.69) is 9.97 Å². The third-order valence-electron chi connectivity index (χ3n) is 2.43. The third kappa shape index (κ3) is 3.66. The van der Waals surface area contributed by atoms with Crippen molar-refractivity contribution < 1.29 is 9.53 Å². The molecule has 1 aromatic rings. The summed E-state index contributed by atoms with van der Waals surface area (Å²) < 4.78 is 4.91. The van der Waals surface area contributed by atoms with E-state index in [0.29, 0.717) is 6.42 Å². The predicted molar refractivity (Wildman–Crippen MR) is 68.7 cm³/mol. The van der Waals surface area contributed by atoms with E-state index in [1.807, 2.05) is 6.92 Å². The van der Waals surface area contributed by atoms with Crippen LogP contribution in [0.15, 0.2) is 6.20 Å². The highest BCUT2D eigenvalue weighted by atomic mass is 35.5. The van der Waals surface area contributed by atoms with Gasteiger partial charge in [0.15, 0.2) is 0 Å². The SMILES string of the molecule is CC[C@@H](COC(C)=O)C(=N)c1nc(Cl)ncc1N. The van der Waals surface area contributed by atoms with Crippen LogP contribution in [0.2, 0.25) is 5.28 Å². The van der Waals surface area contributed by atoms with Crippen molar-refractivity contribution in [3.8, 4) is 0 Å². The molecule has 3 N–H and O–H groups in total. The summed E-state index contributed by atoms with van der Waals surface area (Å²) in [6, 6.07) is 0. The molecule has 1 heterocycles. The van der Waals surface area contributed by atoms with Crippen LogP contribution in [-0.4, -0.2) is 28.3 Å². The van der Waals surface area contributed by atoms with E-state index in [0.717, 1.165) is 0 Å². The second kappa shape index (κ2) is 6.30. The monoisotopic (exact) mass is 270 g/mol. The van der Waals surface area contributed by atoms with Gasteiger partial charge in [0.1, 0.15) is 5.69 Å². The largest absolute Gasteiger partial charge is 0.465 e. The molecule has 0 fully saturated rings. The van der Waals surface area contributed by atoms with Crippen molar-refractivity contribution in [2.75, 3.05) is 12.3 Å². The molecule has 98 valence electrons. The molecule has 1 rings (SSSR count). The number of anilines is 1. The second-order valence-corrected chi connectivity index (χ2v) is 4.10. The average molecular weight is 271 g/mol. The molecule has 0 amide bonds. The van der Waals surface area contributed by atoms with Crippen molar-refractivity contribution in [1.82, 2.24) is 9.97 Å².